The monoisotopic (exact) mass is 332 g/mol. The van der Waals surface area contributed by atoms with E-state index in [0.29, 0.717) is 22.9 Å². The van der Waals surface area contributed by atoms with E-state index in [0.717, 1.165) is 18.5 Å². The van der Waals surface area contributed by atoms with Crippen LogP contribution in [0.15, 0.2) is 30.3 Å². The Labute approximate surface area is 136 Å². The molecule has 122 valence electrons. The molecule has 6 nitrogen and oxygen atoms in total. The Morgan fingerprint density at radius 1 is 1.35 bits per heavy atom. The minimum absolute atomic E-state index is 0.161. The maximum absolute atomic E-state index is 12.2. The second-order valence-corrected chi connectivity index (χ2v) is 7.29. The van der Waals surface area contributed by atoms with Gasteiger partial charge >= 0.3 is 0 Å². The third kappa shape index (κ3) is 4.83. The van der Waals surface area contributed by atoms with Crippen LogP contribution in [0.25, 0.3) is 0 Å². The molecule has 1 heterocycles. The number of hydrogen-bond donors (Lipinski definition) is 2. The topological polar surface area (TPSA) is 98.6 Å². The first kappa shape index (κ1) is 17.0. The summed E-state index contributed by atoms with van der Waals surface area (Å²) >= 11 is 0. The molecule has 0 amide bonds. The van der Waals surface area contributed by atoms with Crippen molar-refractivity contribution in [1.29, 1.82) is 5.26 Å². The van der Waals surface area contributed by atoms with Gasteiger partial charge in [0, 0.05) is 11.8 Å². The largest absolute Gasteiger partial charge is 0.280 e. The van der Waals surface area contributed by atoms with Gasteiger partial charge in [-0.15, -0.1) is 0 Å². The Balaban J connectivity index is 2.04. The van der Waals surface area contributed by atoms with Gasteiger partial charge in [-0.3, -0.25) is 9.82 Å². The van der Waals surface area contributed by atoms with E-state index < -0.39 is 10.0 Å². The highest BCUT2D eigenvalue weighted by Crippen LogP contribution is 2.21. The molecule has 0 radical (unpaired) electrons. The fraction of sp³-hybridized carbons (Fsp3) is 0.375. The molecule has 0 fully saturated rings. The van der Waals surface area contributed by atoms with Crippen LogP contribution in [0.1, 0.15) is 49.4 Å². The van der Waals surface area contributed by atoms with Crippen LogP contribution in [0.3, 0.4) is 0 Å². The molecule has 7 heteroatoms. The second kappa shape index (κ2) is 7.29. The van der Waals surface area contributed by atoms with Crippen molar-refractivity contribution < 1.29 is 8.42 Å². The smallest absolute Gasteiger partial charge is 0.238 e. The molecule has 2 N–H and O–H groups in total. The van der Waals surface area contributed by atoms with Crippen LogP contribution in [0.2, 0.25) is 0 Å². The van der Waals surface area contributed by atoms with Gasteiger partial charge in [-0.1, -0.05) is 32.4 Å². The Morgan fingerprint density at radius 3 is 2.65 bits per heavy atom. The minimum Gasteiger partial charge on any atom is -0.280 e. The summed E-state index contributed by atoms with van der Waals surface area (Å²) in [5.74, 6) is 0.451. The van der Waals surface area contributed by atoms with Crippen LogP contribution in [0.4, 0.5) is 5.82 Å². The average Bonchev–Trinajstić information content (AvgIpc) is 2.95. The maximum atomic E-state index is 12.2. The van der Waals surface area contributed by atoms with Crippen LogP contribution in [0, 0.1) is 11.3 Å². The van der Waals surface area contributed by atoms with Crippen molar-refractivity contribution in [3.63, 3.8) is 0 Å². The average molecular weight is 332 g/mol. The van der Waals surface area contributed by atoms with Crippen molar-refractivity contribution in [3.05, 3.63) is 47.2 Å². The first-order chi connectivity index (χ1) is 10.9. The predicted octanol–water partition coefficient (Wildman–Crippen LogP) is 3.13. The molecule has 0 aliphatic carbocycles. The zero-order valence-electron chi connectivity index (χ0n) is 13.2. The van der Waals surface area contributed by atoms with Gasteiger partial charge in [-0.05, 0) is 30.0 Å². The van der Waals surface area contributed by atoms with Gasteiger partial charge in [0.25, 0.3) is 0 Å². The van der Waals surface area contributed by atoms with Gasteiger partial charge in [0.15, 0.2) is 5.82 Å². The summed E-state index contributed by atoms with van der Waals surface area (Å²) in [4.78, 5) is 0. The molecule has 1 aromatic heterocycles. The van der Waals surface area contributed by atoms with E-state index >= 15 is 0 Å². The summed E-state index contributed by atoms with van der Waals surface area (Å²) < 4.78 is 26.9. The van der Waals surface area contributed by atoms with Gasteiger partial charge < -0.3 is 0 Å². The number of nitriles is 1. The standard InChI is InChI=1S/C16H20N4O2S/c1-3-4-12(2)15-9-16(19-18-15)20-23(21,22)11-14-7-5-13(10-17)6-8-14/h5-9,12H,3-4,11H2,1-2H3,(H2,18,19,20). The molecule has 1 aromatic carbocycles. The van der Waals surface area contributed by atoms with E-state index in [4.69, 9.17) is 5.26 Å². The number of rotatable bonds is 7. The summed E-state index contributed by atoms with van der Waals surface area (Å²) in [6.07, 6.45) is 2.07. The van der Waals surface area contributed by atoms with Crippen LogP contribution in [0.5, 0.6) is 0 Å². The molecule has 1 unspecified atom stereocenters. The van der Waals surface area contributed by atoms with Crippen molar-refractivity contribution in [2.75, 3.05) is 4.72 Å². The zero-order chi connectivity index (χ0) is 16.9. The normalized spacial score (nSPS) is 12.6. The minimum atomic E-state index is -3.55. The number of nitrogens with one attached hydrogen (secondary N) is 2. The Hall–Kier alpha value is -2.33. The quantitative estimate of drug-likeness (QED) is 0.813. The summed E-state index contributed by atoms with van der Waals surface area (Å²) in [5.41, 5.74) is 2.04. The fourth-order valence-electron chi connectivity index (χ4n) is 2.32. The summed E-state index contributed by atoms with van der Waals surface area (Å²) in [6, 6.07) is 10.2. The van der Waals surface area contributed by atoms with E-state index in [-0.39, 0.29) is 5.75 Å². The molecule has 0 saturated heterocycles. The van der Waals surface area contributed by atoms with Crippen LogP contribution in [-0.4, -0.2) is 18.6 Å². The third-order valence-corrected chi connectivity index (χ3v) is 4.78. The number of nitrogens with zero attached hydrogens (tertiary/aromatic N) is 2. The van der Waals surface area contributed by atoms with Crippen LogP contribution >= 0.6 is 0 Å². The van der Waals surface area contributed by atoms with Crippen molar-refractivity contribution in [2.24, 2.45) is 0 Å². The molecule has 0 saturated carbocycles. The molecule has 0 aliphatic heterocycles. The number of sulfonamides is 1. The third-order valence-electron chi connectivity index (χ3n) is 3.55. The van der Waals surface area contributed by atoms with Crippen LogP contribution < -0.4 is 4.72 Å². The van der Waals surface area contributed by atoms with E-state index in [1.807, 2.05) is 6.07 Å². The number of hydrogen-bond acceptors (Lipinski definition) is 4. The van der Waals surface area contributed by atoms with Gasteiger partial charge in [0.2, 0.25) is 10.0 Å². The molecular formula is C16H20N4O2S. The first-order valence-corrected chi connectivity index (χ1v) is 9.13. The first-order valence-electron chi connectivity index (χ1n) is 7.48. The van der Waals surface area contributed by atoms with Crippen molar-refractivity contribution in [2.45, 2.75) is 38.4 Å². The predicted molar refractivity (Wildman–Crippen MR) is 89.3 cm³/mol. The highest BCUT2D eigenvalue weighted by Gasteiger charge is 2.15. The summed E-state index contributed by atoms with van der Waals surface area (Å²) in [5, 5.41) is 15.6. The zero-order valence-corrected chi connectivity index (χ0v) is 14.0. The molecule has 23 heavy (non-hydrogen) atoms. The van der Waals surface area contributed by atoms with Gasteiger partial charge in [0.05, 0.1) is 17.4 Å². The lowest BCUT2D eigenvalue weighted by Gasteiger charge is -2.06. The van der Waals surface area contributed by atoms with E-state index in [1.54, 1.807) is 30.3 Å². The number of aromatic nitrogens is 2. The number of aromatic amines is 1. The number of anilines is 1. The summed E-state index contributed by atoms with van der Waals surface area (Å²) in [7, 11) is -3.55. The van der Waals surface area contributed by atoms with E-state index in [2.05, 4.69) is 28.8 Å². The Morgan fingerprint density at radius 2 is 2.04 bits per heavy atom. The fourth-order valence-corrected chi connectivity index (χ4v) is 3.45. The van der Waals surface area contributed by atoms with Crippen molar-refractivity contribution in [1.82, 2.24) is 10.2 Å². The number of H-pyrrole nitrogens is 1. The van der Waals surface area contributed by atoms with Gasteiger partial charge in [-0.25, -0.2) is 8.42 Å². The van der Waals surface area contributed by atoms with Gasteiger partial charge in [-0.2, -0.15) is 10.4 Å². The SMILES string of the molecule is CCCC(C)c1cc(NS(=O)(=O)Cc2ccc(C#N)cc2)n[nH]1. The Bertz CT molecular complexity index is 788. The highest BCUT2D eigenvalue weighted by atomic mass is 32.2. The molecule has 2 aromatic rings. The summed E-state index contributed by atoms with van der Waals surface area (Å²) in [6.45, 7) is 4.18. The lowest BCUT2D eigenvalue weighted by molar-refractivity contribution is 0.600. The molecule has 0 spiro atoms. The van der Waals surface area contributed by atoms with Gasteiger partial charge in [0.1, 0.15) is 0 Å². The maximum Gasteiger partial charge on any atom is 0.238 e. The number of benzene rings is 1. The Kier molecular flexibility index (Phi) is 5.40. The van der Waals surface area contributed by atoms with Crippen molar-refractivity contribution >= 4 is 15.8 Å². The van der Waals surface area contributed by atoms with Crippen molar-refractivity contribution in [3.8, 4) is 6.07 Å². The molecular weight excluding hydrogens is 312 g/mol. The lowest BCUT2D eigenvalue weighted by atomic mass is 10.0. The highest BCUT2D eigenvalue weighted by molar-refractivity contribution is 7.91. The van der Waals surface area contributed by atoms with E-state index in [1.165, 1.54) is 0 Å². The van der Waals surface area contributed by atoms with Crippen LogP contribution in [-0.2, 0) is 15.8 Å². The second-order valence-electron chi connectivity index (χ2n) is 5.57. The molecule has 2 rings (SSSR count). The molecule has 0 aliphatic rings. The molecule has 0 bridgehead atoms. The lowest BCUT2D eigenvalue weighted by Crippen LogP contribution is -2.15. The molecule has 1 atom stereocenters. The van der Waals surface area contributed by atoms with E-state index in [9.17, 15) is 8.42 Å².